The maximum atomic E-state index is 12.5. The first-order valence-corrected chi connectivity index (χ1v) is 10.2. The second kappa shape index (κ2) is 7.88. The molecule has 0 bridgehead atoms. The van der Waals surface area contributed by atoms with E-state index >= 15 is 0 Å². The lowest BCUT2D eigenvalue weighted by atomic mass is 10.00. The third-order valence-electron chi connectivity index (χ3n) is 4.66. The minimum Gasteiger partial charge on any atom is -0.327 e. The quantitative estimate of drug-likeness (QED) is 0.724. The molecular weight excluding hydrogens is 350 g/mol. The molecule has 3 rings (SSSR count). The topological polar surface area (TPSA) is 101 Å². The zero-order valence-electron chi connectivity index (χ0n) is 14.4. The number of hydrogen-bond acceptors (Lipinski definition) is 4. The number of amides is 1. The Morgan fingerprint density at radius 3 is 2.31 bits per heavy atom. The van der Waals surface area contributed by atoms with Crippen LogP contribution < -0.4 is 15.8 Å². The first kappa shape index (κ1) is 18.4. The Hall–Kier alpha value is -2.38. The average Bonchev–Trinajstić information content (AvgIpc) is 3.02. The van der Waals surface area contributed by atoms with Gasteiger partial charge < -0.3 is 11.1 Å². The third kappa shape index (κ3) is 4.42. The Morgan fingerprint density at radius 2 is 1.65 bits per heavy atom. The molecule has 2 aromatic rings. The van der Waals surface area contributed by atoms with Crippen molar-refractivity contribution in [3.63, 3.8) is 0 Å². The van der Waals surface area contributed by atoms with E-state index in [-0.39, 0.29) is 22.8 Å². The van der Waals surface area contributed by atoms with Gasteiger partial charge in [-0.3, -0.25) is 9.52 Å². The molecule has 0 aliphatic heterocycles. The van der Waals surface area contributed by atoms with Crippen LogP contribution in [0.15, 0.2) is 59.5 Å². The minimum atomic E-state index is -3.72. The van der Waals surface area contributed by atoms with Gasteiger partial charge in [0.2, 0.25) is 5.91 Å². The summed E-state index contributed by atoms with van der Waals surface area (Å²) in [6.07, 6.45) is 3.30. The van der Waals surface area contributed by atoms with Crippen molar-refractivity contribution in [2.75, 3.05) is 10.0 Å². The monoisotopic (exact) mass is 373 g/mol. The largest absolute Gasteiger partial charge is 0.327 e. The number of benzene rings is 2. The molecule has 6 nitrogen and oxygen atoms in total. The summed E-state index contributed by atoms with van der Waals surface area (Å²) in [5.74, 6) is 0.0295. The molecule has 0 unspecified atom stereocenters. The molecule has 0 heterocycles. The fourth-order valence-corrected chi connectivity index (χ4v) is 4.34. The molecule has 0 radical (unpaired) electrons. The highest BCUT2D eigenvalue weighted by atomic mass is 32.2. The van der Waals surface area contributed by atoms with Gasteiger partial charge in [0.1, 0.15) is 0 Å². The van der Waals surface area contributed by atoms with Crippen LogP contribution in [-0.4, -0.2) is 20.4 Å². The van der Waals surface area contributed by atoms with Crippen LogP contribution in [0.1, 0.15) is 25.7 Å². The van der Waals surface area contributed by atoms with Crippen molar-refractivity contribution in [1.29, 1.82) is 0 Å². The third-order valence-corrected chi connectivity index (χ3v) is 6.05. The maximum absolute atomic E-state index is 12.5. The van der Waals surface area contributed by atoms with E-state index in [0.717, 1.165) is 19.3 Å². The molecule has 1 amide bonds. The molecule has 138 valence electrons. The van der Waals surface area contributed by atoms with E-state index in [2.05, 4.69) is 10.0 Å². The van der Waals surface area contributed by atoms with Crippen molar-refractivity contribution < 1.29 is 13.2 Å². The molecule has 0 saturated heterocycles. The highest BCUT2D eigenvalue weighted by molar-refractivity contribution is 7.92. The summed E-state index contributed by atoms with van der Waals surface area (Å²) >= 11 is 0. The van der Waals surface area contributed by atoms with Gasteiger partial charge in [0, 0.05) is 12.5 Å². The van der Waals surface area contributed by atoms with Gasteiger partial charge in [-0.25, -0.2) is 8.42 Å². The highest BCUT2D eigenvalue weighted by Crippen LogP contribution is 2.29. The van der Waals surface area contributed by atoms with Crippen molar-refractivity contribution in [1.82, 2.24) is 0 Å². The SMILES string of the molecule is N[C@@H]1CCC[C@H]1CC(=O)Nc1ccccc1NS(=O)(=O)c1ccccc1. The molecule has 4 N–H and O–H groups in total. The number of carbonyl (C=O) groups excluding carboxylic acids is 1. The van der Waals surface area contributed by atoms with Crippen molar-refractivity contribution in [3.8, 4) is 0 Å². The van der Waals surface area contributed by atoms with Crippen LogP contribution in [0.3, 0.4) is 0 Å². The first-order valence-electron chi connectivity index (χ1n) is 8.68. The van der Waals surface area contributed by atoms with Gasteiger partial charge in [0.15, 0.2) is 0 Å². The summed E-state index contributed by atoms with van der Waals surface area (Å²) in [6.45, 7) is 0. The van der Waals surface area contributed by atoms with E-state index in [1.54, 1.807) is 42.5 Å². The molecule has 1 aliphatic carbocycles. The molecule has 0 spiro atoms. The van der Waals surface area contributed by atoms with Gasteiger partial charge in [-0.2, -0.15) is 0 Å². The standard InChI is InChI=1S/C19H23N3O3S/c20-16-10-6-7-14(16)13-19(23)21-17-11-4-5-12-18(17)22-26(24,25)15-8-2-1-3-9-15/h1-5,8-9,11-12,14,16,22H,6-7,10,13,20H2,(H,21,23)/t14-,16+/m0/s1. The van der Waals surface area contributed by atoms with E-state index in [1.165, 1.54) is 12.1 Å². The van der Waals surface area contributed by atoms with Crippen LogP contribution in [-0.2, 0) is 14.8 Å². The second-order valence-electron chi connectivity index (χ2n) is 6.57. The number of nitrogens with two attached hydrogens (primary N) is 1. The zero-order valence-corrected chi connectivity index (χ0v) is 15.2. The van der Waals surface area contributed by atoms with E-state index < -0.39 is 10.0 Å². The number of carbonyl (C=O) groups is 1. The van der Waals surface area contributed by atoms with Crippen molar-refractivity contribution in [2.24, 2.45) is 11.7 Å². The van der Waals surface area contributed by atoms with Gasteiger partial charge >= 0.3 is 0 Å². The fourth-order valence-electron chi connectivity index (χ4n) is 3.24. The predicted octanol–water partition coefficient (Wildman–Crippen LogP) is 2.94. The fraction of sp³-hybridized carbons (Fsp3) is 0.316. The normalized spacial score (nSPS) is 19.9. The average molecular weight is 373 g/mol. The molecule has 2 aromatic carbocycles. The lowest BCUT2D eigenvalue weighted by Crippen LogP contribution is -2.28. The van der Waals surface area contributed by atoms with Crippen LogP contribution >= 0.6 is 0 Å². The van der Waals surface area contributed by atoms with Crippen LogP contribution in [0.25, 0.3) is 0 Å². The summed E-state index contributed by atoms with van der Waals surface area (Å²) < 4.78 is 27.6. The van der Waals surface area contributed by atoms with Crippen LogP contribution in [0.5, 0.6) is 0 Å². The number of para-hydroxylation sites is 2. The molecule has 7 heteroatoms. The highest BCUT2D eigenvalue weighted by Gasteiger charge is 2.26. The van der Waals surface area contributed by atoms with Crippen LogP contribution in [0.2, 0.25) is 0 Å². The lowest BCUT2D eigenvalue weighted by Gasteiger charge is -2.17. The first-order chi connectivity index (χ1) is 12.5. The molecule has 2 atom stereocenters. The minimum absolute atomic E-state index is 0.0626. The Bertz CT molecular complexity index is 869. The van der Waals surface area contributed by atoms with Crippen molar-refractivity contribution in [3.05, 3.63) is 54.6 Å². The van der Waals surface area contributed by atoms with E-state index in [0.29, 0.717) is 17.8 Å². The maximum Gasteiger partial charge on any atom is 0.261 e. The Labute approximate surface area is 153 Å². The van der Waals surface area contributed by atoms with Gasteiger partial charge in [-0.15, -0.1) is 0 Å². The number of nitrogens with one attached hydrogen (secondary N) is 2. The predicted molar refractivity (Wildman–Crippen MR) is 102 cm³/mol. The molecule has 0 aromatic heterocycles. The summed E-state index contributed by atoms with van der Waals surface area (Å²) in [4.78, 5) is 12.5. The summed E-state index contributed by atoms with van der Waals surface area (Å²) in [5, 5.41) is 2.81. The zero-order chi connectivity index (χ0) is 18.6. The van der Waals surface area contributed by atoms with E-state index in [1.807, 2.05) is 0 Å². The van der Waals surface area contributed by atoms with Crippen molar-refractivity contribution in [2.45, 2.75) is 36.6 Å². The lowest BCUT2D eigenvalue weighted by molar-refractivity contribution is -0.117. The summed E-state index contributed by atoms with van der Waals surface area (Å²) in [5.41, 5.74) is 6.79. The molecular formula is C19H23N3O3S. The molecule has 1 saturated carbocycles. The van der Waals surface area contributed by atoms with Crippen molar-refractivity contribution >= 4 is 27.3 Å². The summed E-state index contributed by atoms with van der Waals surface area (Å²) in [7, 11) is -3.72. The number of hydrogen-bond donors (Lipinski definition) is 3. The van der Waals surface area contributed by atoms with E-state index in [9.17, 15) is 13.2 Å². The van der Waals surface area contributed by atoms with Gasteiger partial charge in [-0.1, -0.05) is 36.8 Å². The summed E-state index contributed by atoms with van der Waals surface area (Å²) in [6, 6.07) is 14.9. The molecule has 1 fully saturated rings. The Balaban J connectivity index is 1.73. The van der Waals surface area contributed by atoms with Crippen LogP contribution in [0.4, 0.5) is 11.4 Å². The molecule has 26 heavy (non-hydrogen) atoms. The second-order valence-corrected chi connectivity index (χ2v) is 8.25. The van der Waals surface area contributed by atoms with Gasteiger partial charge in [0.05, 0.1) is 16.3 Å². The van der Waals surface area contributed by atoms with Gasteiger partial charge in [-0.05, 0) is 43.0 Å². The van der Waals surface area contributed by atoms with E-state index in [4.69, 9.17) is 5.73 Å². The van der Waals surface area contributed by atoms with Gasteiger partial charge in [0.25, 0.3) is 10.0 Å². The van der Waals surface area contributed by atoms with Crippen LogP contribution in [0, 0.1) is 5.92 Å². The number of rotatable bonds is 6. The Morgan fingerprint density at radius 1 is 1.00 bits per heavy atom. The number of anilines is 2. The Kier molecular flexibility index (Phi) is 5.58. The smallest absolute Gasteiger partial charge is 0.261 e. The molecule has 1 aliphatic rings. The number of sulfonamides is 1.